The number of benzene rings is 1. The van der Waals surface area contributed by atoms with Crippen LogP contribution in [0.2, 0.25) is 0 Å². The second-order valence-corrected chi connectivity index (χ2v) is 6.06. The number of carbonyl (C=O) groups is 1. The van der Waals surface area contributed by atoms with Crippen molar-refractivity contribution in [1.29, 1.82) is 0 Å². The topological polar surface area (TPSA) is 41.6 Å². The summed E-state index contributed by atoms with van der Waals surface area (Å²) < 4.78 is 5.36. The molecule has 1 aromatic carbocycles. The highest BCUT2D eigenvalue weighted by atomic mass is 16.5. The third-order valence-electron chi connectivity index (χ3n) is 4.78. The Morgan fingerprint density at radius 3 is 3.05 bits per heavy atom. The Labute approximate surface area is 126 Å². The van der Waals surface area contributed by atoms with Crippen molar-refractivity contribution in [1.82, 2.24) is 10.2 Å². The lowest BCUT2D eigenvalue weighted by atomic mass is 9.98. The summed E-state index contributed by atoms with van der Waals surface area (Å²) in [5.74, 6) is 1.68. The summed E-state index contributed by atoms with van der Waals surface area (Å²) in [5, 5.41) is 3.44. The molecule has 4 heteroatoms. The zero-order valence-corrected chi connectivity index (χ0v) is 12.7. The van der Waals surface area contributed by atoms with Crippen molar-refractivity contribution in [3.63, 3.8) is 0 Å². The first kappa shape index (κ1) is 14.4. The van der Waals surface area contributed by atoms with Gasteiger partial charge in [-0.05, 0) is 24.8 Å². The molecule has 114 valence electrons. The number of hydrogen-bond acceptors (Lipinski definition) is 3. The lowest BCUT2D eigenvalue weighted by Crippen LogP contribution is -2.44. The number of para-hydroxylation sites is 1. The molecule has 2 heterocycles. The van der Waals surface area contributed by atoms with Gasteiger partial charge in [-0.25, -0.2) is 0 Å². The largest absolute Gasteiger partial charge is 0.496 e. The molecule has 2 aliphatic rings. The maximum Gasteiger partial charge on any atom is 0.227 e. The second-order valence-electron chi connectivity index (χ2n) is 6.06. The summed E-state index contributed by atoms with van der Waals surface area (Å²) in [5.41, 5.74) is 0.983. The molecule has 3 rings (SSSR count). The molecule has 0 radical (unpaired) electrons. The Morgan fingerprint density at radius 1 is 1.33 bits per heavy atom. The predicted octanol–water partition coefficient (Wildman–Crippen LogP) is 1.84. The van der Waals surface area contributed by atoms with Crippen LogP contribution in [0.1, 0.15) is 24.8 Å². The van der Waals surface area contributed by atoms with Gasteiger partial charge in [0, 0.05) is 31.2 Å². The lowest BCUT2D eigenvalue weighted by molar-refractivity contribution is -0.133. The SMILES string of the molecule is COc1ccccc1CC(=O)N1CCCC[C@H]2CNC[C@@H]21. The van der Waals surface area contributed by atoms with E-state index < -0.39 is 0 Å². The molecule has 21 heavy (non-hydrogen) atoms. The number of methoxy groups -OCH3 is 1. The fraction of sp³-hybridized carbons (Fsp3) is 0.588. The highest BCUT2D eigenvalue weighted by Gasteiger charge is 2.35. The standard InChI is InChI=1S/C17H24N2O2/c1-21-16-8-3-2-6-13(16)10-17(20)19-9-5-4-7-14-11-18-12-15(14)19/h2-3,6,8,14-15,18H,4-5,7,9-12H2,1H3/t14-,15-/m0/s1. The molecule has 0 spiro atoms. The van der Waals surface area contributed by atoms with Gasteiger partial charge in [-0.15, -0.1) is 0 Å². The first-order valence-corrected chi connectivity index (χ1v) is 7.91. The molecule has 2 aliphatic heterocycles. The fourth-order valence-electron chi connectivity index (χ4n) is 3.66. The van der Waals surface area contributed by atoms with E-state index in [1.807, 2.05) is 24.3 Å². The van der Waals surface area contributed by atoms with Crippen molar-refractivity contribution < 1.29 is 9.53 Å². The lowest BCUT2D eigenvalue weighted by Gasteiger charge is -2.30. The van der Waals surface area contributed by atoms with E-state index in [0.717, 1.165) is 37.4 Å². The van der Waals surface area contributed by atoms with Crippen LogP contribution >= 0.6 is 0 Å². The minimum atomic E-state index is 0.236. The zero-order chi connectivity index (χ0) is 14.7. The van der Waals surface area contributed by atoms with Crippen LogP contribution in [0.25, 0.3) is 0 Å². The fourth-order valence-corrected chi connectivity index (χ4v) is 3.66. The molecule has 1 N–H and O–H groups in total. The quantitative estimate of drug-likeness (QED) is 0.923. The average molecular weight is 288 g/mol. The number of nitrogens with zero attached hydrogens (tertiary/aromatic N) is 1. The van der Waals surface area contributed by atoms with Gasteiger partial charge in [-0.2, -0.15) is 0 Å². The van der Waals surface area contributed by atoms with Crippen LogP contribution in [-0.4, -0.2) is 43.6 Å². The molecular weight excluding hydrogens is 264 g/mol. The molecule has 1 amide bonds. The van der Waals surface area contributed by atoms with Crippen LogP contribution in [0, 0.1) is 5.92 Å². The minimum Gasteiger partial charge on any atom is -0.496 e. The summed E-state index contributed by atoms with van der Waals surface area (Å²) in [4.78, 5) is 14.9. The predicted molar refractivity (Wildman–Crippen MR) is 82.4 cm³/mol. The van der Waals surface area contributed by atoms with Crippen LogP contribution in [0.4, 0.5) is 0 Å². The number of hydrogen-bond donors (Lipinski definition) is 1. The average Bonchev–Trinajstić information content (AvgIpc) is 2.87. The van der Waals surface area contributed by atoms with Gasteiger partial charge in [0.2, 0.25) is 5.91 Å². The minimum absolute atomic E-state index is 0.236. The molecule has 4 nitrogen and oxygen atoms in total. The van der Waals surface area contributed by atoms with E-state index in [2.05, 4.69) is 10.2 Å². The molecule has 0 unspecified atom stereocenters. The van der Waals surface area contributed by atoms with Gasteiger partial charge in [-0.1, -0.05) is 24.6 Å². The van der Waals surface area contributed by atoms with Gasteiger partial charge >= 0.3 is 0 Å². The van der Waals surface area contributed by atoms with E-state index in [9.17, 15) is 4.79 Å². The van der Waals surface area contributed by atoms with Crippen molar-refractivity contribution >= 4 is 5.91 Å². The van der Waals surface area contributed by atoms with Crippen molar-refractivity contribution in [3.8, 4) is 5.75 Å². The van der Waals surface area contributed by atoms with Crippen LogP contribution in [0.5, 0.6) is 5.75 Å². The van der Waals surface area contributed by atoms with Gasteiger partial charge in [0.05, 0.1) is 13.5 Å². The Kier molecular flexibility index (Phi) is 4.44. The molecule has 2 saturated heterocycles. The van der Waals surface area contributed by atoms with Crippen molar-refractivity contribution in [2.75, 3.05) is 26.7 Å². The number of amides is 1. The molecule has 2 atom stereocenters. The molecule has 2 fully saturated rings. The second kappa shape index (κ2) is 6.48. The maximum absolute atomic E-state index is 12.8. The Balaban J connectivity index is 1.74. The molecule has 1 aromatic rings. The summed E-state index contributed by atoms with van der Waals surface area (Å²) in [6.07, 6.45) is 4.05. The van der Waals surface area contributed by atoms with Gasteiger partial charge in [-0.3, -0.25) is 4.79 Å². The van der Waals surface area contributed by atoms with Gasteiger partial charge in [0.1, 0.15) is 5.75 Å². The Hall–Kier alpha value is -1.55. The number of rotatable bonds is 3. The number of ether oxygens (including phenoxy) is 1. The molecule has 0 aromatic heterocycles. The maximum atomic E-state index is 12.8. The third-order valence-corrected chi connectivity index (χ3v) is 4.78. The molecule has 0 bridgehead atoms. The number of nitrogens with one attached hydrogen (secondary N) is 1. The van der Waals surface area contributed by atoms with E-state index in [0.29, 0.717) is 18.4 Å². The summed E-state index contributed by atoms with van der Waals surface area (Å²) in [6, 6.07) is 8.20. The van der Waals surface area contributed by atoms with E-state index >= 15 is 0 Å². The van der Waals surface area contributed by atoms with Crippen molar-refractivity contribution in [3.05, 3.63) is 29.8 Å². The van der Waals surface area contributed by atoms with Crippen LogP contribution in [0.15, 0.2) is 24.3 Å². The van der Waals surface area contributed by atoms with Crippen molar-refractivity contribution in [2.24, 2.45) is 5.92 Å². The van der Waals surface area contributed by atoms with E-state index in [1.165, 1.54) is 12.8 Å². The summed E-state index contributed by atoms with van der Waals surface area (Å²) in [7, 11) is 1.66. The molecule has 0 saturated carbocycles. The first-order chi connectivity index (χ1) is 10.3. The van der Waals surface area contributed by atoms with Crippen LogP contribution < -0.4 is 10.1 Å². The van der Waals surface area contributed by atoms with E-state index in [4.69, 9.17) is 4.74 Å². The number of likely N-dealkylation sites (tertiary alicyclic amines) is 1. The highest BCUT2D eigenvalue weighted by molar-refractivity contribution is 5.80. The third kappa shape index (κ3) is 3.05. The first-order valence-electron chi connectivity index (χ1n) is 7.91. The number of fused-ring (bicyclic) bond motifs is 1. The van der Waals surface area contributed by atoms with Crippen molar-refractivity contribution in [2.45, 2.75) is 31.7 Å². The van der Waals surface area contributed by atoms with Crippen LogP contribution in [0.3, 0.4) is 0 Å². The highest BCUT2D eigenvalue weighted by Crippen LogP contribution is 2.27. The monoisotopic (exact) mass is 288 g/mol. The van der Waals surface area contributed by atoms with Gasteiger partial charge < -0.3 is 15.0 Å². The smallest absolute Gasteiger partial charge is 0.227 e. The Morgan fingerprint density at radius 2 is 2.19 bits per heavy atom. The van der Waals surface area contributed by atoms with E-state index in [1.54, 1.807) is 7.11 Å². The zero-order valence-electron chi connectivity index (χ0n) is 12.7. The van der Waals surface area contributed by atoms with Gasteiger partial charge in [0.25, 0.3) is 0 Å². The normalized spacial score (nSPS) is 25.3. The number of carbonyl (C=O) groups excluding carboxylic acids is 1. The van der Waals surface area contributed by atoms with E-state index in [-0.39, 0.29) is 5.91 Å². The molecular formula is C17H24N2O2. The van der Waals surface area contributed by atoms with Crippen LogP contribution in [-0.2, 0) is 11.2 Å². The summed E-state index contributed by atoms with van der Waals surface area (Å²) in [6.45, 7) is 2.91. The molecule has 0 aliphatic carbocycles. The Bertz CT molecular complexity index is 503. The summed E-state index contributed by atoms with van der Waals surface area (Å²) >= 11 is 0. The van der Waals surface area contributed by atoms with Gasteiger partial charge in [0.15, 0.2) is 0 Å².